The number of nitrogens with one attached hydrogen (secondary N) is 1. The Kier molecular flexibility index (Phi) is 8.87. The van der Waals surface area contributed by atoms with Crippen LogP contribution in [0.5, 0.6) is 11.5 Å². The Labute approximate surface area is 204 Å². The van der Waals surface area contributed by atoms with Crippen molar-refractivity contribution in [3.8, 4) is 22.6 Å². The first kappa shape index (κ1) is 25.1. The van der Waals surface area contributed by atoms with E-state index in [-0.39, 0.29) is 12.5 Å². The molecule has 0 aliphatic heterocycles. The van der Waals surface area contributed by atoms with Crippen LogP contribution in [0, 0.1) is 6.92 Å². The molecule has 1 N–H and O–H groups in total. The third-order valence-electron chi connectivity index (χ3n) is 4.94. The molecule has 0 radical (unpaired) electrons. The highest BCUT2D eigenvalue weighted by atomic mass is 32.1. The van der Waals surface area contributed by atoms with E-state index in [0.29, 0.717) is 28.7 Å². The maximum Gasteiger partial charge on any atom is 0.341 e. The Morgan fingerprint density at radius 3 is 2.50 bits per heavy atom. The summed E-state index contributed by atoms with van der Waals surface area (Å²) >= 11 is 1.35. The van der Waals surface area contributed by atoms with Gasteiger partial charge in [-0.15, -0.1) is 11.3 Å². The summed E-state index contributed by atoms with van der Waals surface area (Å²) in [5, 5.41) is 3.32. The van der Waals surface area contributed by atoms with E-state index in [2.05, 4.69) is 5.32 Å². The second-order valence-electron chi connectivity index (χ2n) is 7.41. The van der Waals surface area contributed by atoms with Crippen molar-refractivity contribution in [1.29, 1.82) is 0 Å². The van der Waals surface area contributed by atoms with Gasteiger partial charge in [-0.05, 0) is 49.6 Å². The Hall–Kier alpha value is -3.58. The van der Waals surface area contributed by atoms with Gasteiger partial charge in [0.05, 0.1) is 20.3 Å². The highest BCUT2D eigenvalue weighted by molar-refractivity contribution is 7.17. The van der Waals surface area contributed by atoms with Crippen LogP contribution in [0.25, 0.3) is 17.2 Å². The topological polar surface area (TPSA) is 73.9 Å². The Bertz CT molecular complexity index is 1170. The SMILES string of the molecule is CCCOc1ccc(/C=C/C(=O)Nc2sc(C)c(-c3ccccc3)c2C(=O)OCC)cc1OC. The number of esters is 1. The average molecular weight is 480 g/mol. The molecule has 1 amide bonds. The van der Waals surface area contributed by atoms with Crippen molar-refractivity contribution in [2.24, 2.45) is 0 Å². The molecule has 0 unspecified atom stereocenters. The molecule has 0 spiro atoms. The second-order valence-corrected chi connectivity index (χ2v) is 8.63. The molecule has 0 fully saturated rings. The van der Waals surface area contributed by atoms with Gasteiger partial charge < -0.3 is 19.5 Å². The van der Waals surface area contributed by atoms with Crippen LogP contribution in [0.3, 0.4) is 0 Å². The number of carbonyl (C=O) groups is 2. The Morgan fingerprint density at radius 2 is 1.82 bits per heavy atom. The molecule has 1 heterocycles. The van der Waals surface area contributed by atoms with Crippen LogP contribution >= 0.6 is 11.3 Å². The van der Waals surface area contributed by atoms with Gasteiger partial charge >= 0.3 is 5.97 Å². The molecular formula is C27H29NO5S. The number of hydrogen-bond acceptors (Lipinski definition) is 6. The first-order valence-electron chi connectivity index (χ1n) is 11.1. The molecule has 0 aliphatic carbocycles. The van der Waals surface area contributed by atoms with Gasteiger partial charge in [-0.25, -0.2) is 4.79 Å². The predicted molar refractivity (Wildman–Crippen MR) is 137 cm³/mol. The summed E-state index contributed by atoms with van der Waals surface area (Å²) in [6.45, 7) is 6.56. The fourth-order valence-corrected chi connectivity index (χ4v) is 4.50. The van der Waals surface area contributed by atoms with Crippen LogP contribution in [0.15, 0.2) is 54.6 Å². The van der Waals surface area contributed by atoms with Crippen molar-refractivity contribution in [3.05, 3.63) is 70.6 Å². The van der Waals surface area contributed by atoms with E-state index in [0.717, 1.165) is 28.0 Å². The molecule has 0 bridgehead atoms. The number of anilines is 1. The Morgan fingerprint density at radius 1 is 1.06 bits per heavy atom. The van der Waals surface area contributed by atoms with Gasteiger partial charge in [-0.2, -0.15) is 0 Å². The number of hydrogen-bond donors (Lipinski definition) is 1. The number of thiophene rings is 1. The van der Waals surface area contributed by atoms with E-state index in [4.69, 9.17) is 14.2 Å². The molecule has 3 aromatic rings. The largest absolute Gasteiger partial charge is 0.493 e. The fraction of sp³-hybridized carbons (Fsp3) is 0.259. The zero-order valence-corrected chi connectivity index (χ0v) is 20.7. The van der Waals surface area contributed by atoms with Gasteiger partial charge in [-0.1, -0.05) is 43.3 Å². The zero-order chi connectivity index (χ0) is 24.5. The monoisotopic (exact) mass is 479 g/mol. The first-order valence-corrected chi connectivity index (χ1v) is 12.0. The van der Waals surface area contributed by atoms with Crippen LogP contribution in [-0.4, -0.2) is 32.2 Å². The normalized spacial score (nSPS) is 10.8. The quantitative estimate of drug-likeness (QED) is 0.271. The molecule has 0 saturated heterocycles. The van der Waals surface area contributed by atoms with Crippen molar-refractivity contribution < 1.29 is 23.8 Å². The van der Waals surface area contributed by atoms with E-state index in [9.17, 15) is 9.59 Å². The van der Waals surface area contributed by atoms with Gasteiger partial charge in [0.2, 0.25) is 5.91 Å². The lowest BCUT2D eigenvalue weighted by molar-refractivity contribution is -0.111. The molecule has 178 valence electrons. The molecule has 7 heteroatoms. The van der Waals surface area contributed by atoms with Crippen molar-refractivity contribution in [3.63, 3.8) is 0 Å². The number of ether oxygens (including phenoxy) is 3. The third kappa shape index (κ3) is 6.05. The summed E-state index contributed by atoms with van der Waals surface area (Å²) in [6, 6.07) is 15.1. The molecular weight excluding hydrogens is 450 g/mol. The van der Waals surface area contributed by atoms with E-state index in [1.807, 2.05) is 62.4 Å². The number of rotatable bonds is 10. The lowest BCUT2D eigenvalue weighted by atomic mass is 10.0. The Balaban J connectivity index is 1.84. The van der Waals surface area contributed by atoms with Gasteiger partial charge in [-0.3, -0.25) is 4.79 Å². The first-order chi connectivity index (χ1) is 16.5. The minimum Gasteiger partial charge on any atom is -0.493 e. The van der Waals surface area contributed by atoms with Crippen LogP contribution in [0.2, 0.25) is 0 Å². The van der Waals surface area contributed by atoms with Crippen LogP contribution < -0.4 is 14.8 Å². The molecule has 0 saturated carbocycles. The van der Waals surface area contributed by atoms with Crippen molar-refractivity contribution in [2.75, 3.05) is 25.6 Å². The number of aryl methyl sites for hydroxylation is 1. The summed E-state index contributed by atoms with van der Waals surface area (Å²) in [7, 11) is 1.58. The van der Waals surface area contributed by atoms with Crippen molar-refractivity contribution in [1.82, 2.24) is 0 Å². The molecule has 6 nitrogen and oxygen atoms in total. The number of carbonyl (C=O) groups excluding carboxylic acids is 2. The van der Waals surface area contributed by atoms with Crippen molar-refractivity contribution in [2.45, 2.75) is 27.2 Å². The van der Waals surface area contributed by atoms with Gasteiger partial charge in [0.15, 0.2) is 11.5 Å². The summed E-state index contributed by atoms with van der Waals surface area (Å²) in [6.07, 6.45) is 4.00. The maximum absolute atomic E-state index is 12.8. The minimum atomic E-state index is -0.461. The highest BCUT2D eigenvalue weighted by Gasteiger charge is 2.25. The summed E-state index contributed by atoms with van der Waals surface area (Å²) in [4.78, 5) is 26.5. The van der Waals surface area contributed by atoms with Gasteiger partial charge in [0, 0.05) is 16.5 Å². The van der Waals surface area contributed by atoms with Crippen LogP contribution in [-0.2, 0) is 9.53 Å². The lowest BCUT2D eigenvalue weighted by Gasteiger charge is -2.10. The maximum atomic E-state index is 12.8. The molecule has 0 aliphatic rings. The zero-order valence-electron chi connectivity index (χ0n) is 19.8. The smallest absolute Gasteiger partial charge is 0.341 e. The molecule has 3 rings (SSSR count). The average Bonchev–Trinajstić information content (AvgIpc) is 3.17. The van der Waals surface area contributed by atoms with E-state index < -0.39 is 5.97 Å². The van der Waals surface area contributed by atoms with E-state index >= 15 is 0 Å². The summed E-state index contributed by atoms with van der Waals surface area (Å²) < 4.78 is 16.4. The second kappa shape index (κ2) is 12.0. The summed E-state index contributed by atoms with van der Waals surface area (Å²) in [5.74, 6) is 0.448. The number of methoxy groups -OCH3 is 1. The molecule has 34 heavy (non-hydrogen) atoms. The number of benzene rings is 2. The standard InChI is InChI=1S/C27H29NO5S/c1-5-16-33-21-14-12-19(17-22(21)31-4)13-15-23(29)28-26-25(27(30)32-6-2)24(18(3)34-26)20-10-8-7-9-11-20/h7-15,17H,5-6,16H2,1-4H3,(H,28,29)/b15-13+. The molecule has 1 aromatic heterocycles. The van der Waals surface area contributed by atoms with Gasteiger partial charge in [0.25, 0.3) is 0 Å². The fourth-order valence-electron chi connectivity index (χ4n) is 3.43. The van der Waals surface area contributed by atoms with Crippen LogP contribution in [0.4, 0.5) is 5.00 Å². The van der Waals surface area contributed by atoms with Gasteiger partial charge in [0.1, 0.15) is 10.6 Å². The lowest BCUT2D eigenvalue weighted by Crippen LogP contribution is -2.12. The highest BCUT2D eigenvalue weighted by Crippen LogP contribution is 2.40. The van der Waals surface area contributed by atoms with Crippen LogP contribution in [0.1, 0.15) is 41.1 Å². The van der Waals surface area contributed by atoms with E-state index in [1.165, 1.54) is 17.4 Å². The minimum absolute atomic E-state index is 0.245. The molecule has 2 aromatic carbocycles. The van der Waals surface area contributed by atoms with Crippen molar-refractivity contribution >= 4 is 34.3 Å². The number of amides is 1. The molecule has 0 atom stereocenters. The summed E-state index contributed by atoms with van der Waals surface area (Å²) in [5.41, 5.74) is 2.83. The predicted octanol–water partition coefficient (Wildman–Crippen LogP) is 6.35. The van der Waals surface area contributed by atoms with E-state index in [1.54, 1.807) is 20.1 Å². The third-order valence-corrected chi connectivity index (χ3v) is 5.96.